The average Bonchev–Trinajstić information content (AvgIpc) is 2.54. The van der Waals surface area contributed by atoms with Crippen molar-refractivity contribution >= 4 is 70.2 Å². The fraction of sp³-hybridized carbons (Fsp3) is 0.263. The zero-order valence-electron chi connectivity index (χ0n) is 16.0. The van der Waals surface area contributed by atoms with Gasteiger partial charge < -0.3 is 10.2 Å². The van der Waals surface area contributed by atoms with E-state index in [1.165, 1.54) is 40.1 Å². The van der Waals surface area contributed by atoms with Gasteiger partial charge in [0.1, 0.15) is 0 Å². The second-order valence-electron chi connectivity index (χ2n) is 5.30. The molecule has 0 aliphatic carbocycles. The molecule has 0 amide bonds. The molecule has 10 heteroatoms. The van der Waals surface area contributed by atoms with Crippen molar-refractivity contribution < 1.29 is 36.9 Å². The van der Waals surface area contributed by atoms with Gasteiger partial charge in [-0.2, -0.15) is 0 Å². The van der Waals surface area contributed by atoms with E-state index in [1.807, 2.05) is 0 Å². The summed E-state index contributed by atoms with van der Waals surface area (Å²) in [6.45, 7) is 5.14. The first-order chi connectivity index (χ1) is 13.0. The summed E-state index contributed by atoms with van der Waals surface area (Å²) in [5, 5.41) is 22.8. The van der Waals surface area contributed by atoms with E-state index in [0.29, 0.717) is 11.4 Å². The van der Waals surface area contributed by atoms with E-state index in [2.05, 4.69) is 9.98 Å². The summed E-state index contributed by atoms with van der Waals surface area (Å²) >= 11 is 14.4. The Morgan fingerprint density at radius 1 is 0.828 bits per heavy atom. The van der Waals surface area contributed by atoms with Gasteiger partial charge in [0, 0.05) is 23.6 Å². The van der Waals surface area contributed by atoms with Crippen molar-refractivity contribution in [2.45, 2.75) is 32.0 Å². The maximum Gasteiger partial charge on any atom is 2.00 e. The number of benzene rings is 1. The number of carbonyl (C=O) groups excluding carboxylic acids is 2. The van der Waals surface area contributed by atoms with Crippen LogP contribution in [0.25, 0.3) is 0 Å². The Balaban J connectivity index is 0. The standard InChI is InChI=1S/C18H20N2O4.CHCl3.Cu/c1-11(21)15(12(2)22)9-19-17-7-5-6-8-18(17)20-10-16(13(3)23)14(4)24;2-1(3)4;/h5-10,21,23H,1-4H3;1H;/q;;+2/p-2/b15-11+,16-13+,19-9?,20-10?;;. The van der Waals surface area contributed by atoms with Gasteiger partial charge in [0.15, 0.2) is 15.9 Å². The summed E-state index contributed by atoms with van der Waals surface area (Å²) in [5.41, 5.74) is 0.766. The van der Waals surface area contributed by atoms with Gasteiger partial charge in [0.05, 0.1) is 11.4 Å². The van der Waals surface area contributed by atoms with E-state index in [1.54, 1.807) is 24.3 Å². The Morgan fingerprint density at radius 3 is 1.31 bits per heavy atom. The first kappa shape index (κ1) is 29.6. The molecular formula is C19H19Cl3CuN2O4. The minimum absolute atomic E-state index is 0. The number of halogens is 3. The molecule has 0 spiro atoms. The van der Waals surface area contributed by atoms with Gasteiger partial charge >= 0.3 is 17.1 Å². The van der Waals surface area contributed by atoms with Gasteiger partial charge in [-0.05, 0) is 26.0 Å². The van der Waals surface area contributed by atoms with E-state index in [0.717, 1.165) is 0 Å². The van der Waals surface area contributed by atoms with Crippen LogP contribution in [0.1, 0.15) is 27.7 Å². The predicted octanol–water partition coefficient (Wildman–Crippen LogP) is 3.52. The van der Waals surface area contributed by atoms with Crippen LogP contribution in [0.15, 0.2) is 56.9 Å². The van der Waals surface area contributed by atoms with Crippen LogP contribution in [0.4, 0.5) is 11.4 Å². The third kappa shape index (κ3) is 12.5. The molecule has 1 rings (SSSR count). The van der Waals surface area contributed by atoms with Crippen molar-refractivity contribution in [1.82, 2.24) is 0 Å². The number of nitrogens with zero attached hydrogens (tertiary/aromatic N) is 2. The van der Waals surface area contributed by atoms with Crippen molar-refractivity contribution in [3.63, 3.8) is 0 Å². The van der Waals surface area contributed by atoms with Crippen LogP contribution >= 0.6 is 34.8 Å². The third-order valence-electron chi connectivity index (χ3n) is 3.06. The van der Waals surface area contributed by atoms with Crippen molar-refractivity contribution in [3.05, 3.63) is 46.9 Å². The van der Waals surface area contributed by atoms with Crippen LogP contribution in [-0.4, -0.2) is 28.3 Å². The number of para-hydroxylation sites is 2. The Morgan fingerprint density at radius 2 is 1.10 bits per heavy atom. The van der Waals surface area contributed by atoms with Crippen LogP contribution in [0.3, 0.4) is 0 Å². The summed E-state index contributed by atoms with van der Waals surface area (Å²) in [6.07, 6.45) is 2.39. The van der Waals surface area contributed by atoms with Crippen LogP contribution < -0.4 is 10.2 Å². The molecule has 1 radical (unpaired) electrons. The number of ketones is 2. The number of rotatable bonds is 6. The number of Topliss-reactive ketones (excluding diaryl/α,β-unsaturated/α-hetero) is 2. The molecule has 0 aliphatic heterocycles. The monoisotopic (exact) mass is 507 g/mol. The van der Waals surface area contributed by atoms with Gasteiger partial charge in [-0.25, -0.2) is 0 Å². The van der Waals surface area contributed by atoms with Crippen molar-refractivity contribution in [2.24, 2.45) is 9.98 Å². The van der Waals surface area contributed by atoms with Crippen LogP contribution in [-0.2, 0) is 26.7 Å². The molecule has 0 aromatic heterocycles. The second kappa shape index (κ2) is 15.2. The van der Waals surface area contributed by atoms with Crippen LogP contribution in [0.5, 0.6) is 0 Å². The van der Waals surface area contributed by atoms with Gasteiger partial charge in [0.25, 0.3) is 0 Å². The predicted molar refractivity (Wildman–Crippen MR) is 111 cm³/mol. The smallest absolute Gasteiger partial charge is 0.875 e. The van der Waals surface area contributed by atoms with Gasteiger partial charge in [0.2, 0.25) is 0 Å². The third-order valence-corrected chi connectivity index (χ3v) is 3.06. The van der Waals surface area contributed by atoms with Crippen molar-refractivity contribution in [1.29, 1.82) is 0 Å². The summed E-state index contributed by atoms with van der Waals surface area (Å²) in [6, 6.07) is 6.71. The molecule has 0 atom stereocenters. The van der Waals surface area contributed by atoms with E-state index in [-0.39, 0.29) is 51.3 Å². The van der Waals surface area contributed by atoms with Crippen LogP contribution in [0.2, 0.25) is 0 Å². The SMILES string of the molecule is CC(=O)/C(C=Nc1ccccc1N=C/C(C(C)=O)=C(/C)[O-])=C(\C)[O-].ClC(Cl)Cl.[Cu+2]. The number of hydrogen-bond donors (Lipinski definition) is 0. The van der Waals surface area contributed by atoms with Crippen LogP contribution in [0, 0.1) is 0 Å². The Bertz CT molecular complexity index is 759. The van der Waals surface area contributed by atoms with Gasteiger partial charge in [-0.3, -0.25) is 19.6 Å². The molecule has 1 aromatic rings. The molecule has 6 nitrogen and oxygen atoms in total. The Kier molecular flexibility index (Phi) is 15.5. The molecule has 0 N–H and O–H groups in total. The first-order valence-electron chi connectivity index (χ1n) is 7.84. The largest absolute Gasteiger partial charge is 2.00 e. The van der Waals surface area contributed by atoms with Gasteiger partial charge in [-0.15, -0.1) is 11.5 Å². The maximum absolute atomic E-state index is 11.4. The molecule has 0 saturated carbocycles. The first-order valence-corrected chi connectivity index (χ1v) is 9.15. The zero-order chi connectivity index (χ0) is 21.9. The molecule has 161 valence electrons. The zero-order valence-corrected chi connectivity index (χ0v) is 19.2. The fourth-order valence-corrected chi connectivity index (χ4v) is 1.81. The molecule has 0 aliphatic rings. The normalized spacial score (nSPS) is 12.7. The minimum atomic E-state index is -0.750. The molecule has 1 aromatic carbocycles. The molecular weight excluding hydrogens is 490 g/mol. The quantitative estimate of drug-likeness (QED) is 0.192. The number of hydrogen-bond acceptors (Lipinski definition) is 6. The average molecular weight is 509 g/mol. The Labute approximate surface area is 195 Å². The van der Waals surface area contributed by atoms with Crippen molar-refractivity contribution in [3.8, 4) is 0 Å². The minimum Gasteiger partial charge on any atom is -0.875 e. The topological polar surface area (TPSA) is 105 Å². The van der Waals surface area contributed by atoms with Gasteiger partial charge in [-0.1, -0.05) is 60.8 Å². The van der Waals surface area contributed by atoms with E-state index < -0.39 is 4.30 Å². The molecule has 29 heavy (non-hydrogen) atoms. The van der Waals surface area contributed by atoms with E-state index in [9.17, 15) is 19.8 Å². The number of carbonyl (C=O) groups is 2. The summed E-state index contributed by atoms with van der Waals surface area (Å²) in [7, 11) is 0. The van der Waals surface area contributed by atoms with E-state index >= 15 is 0 Å². The molecule has 0 fully saturated rings. The van der Waals surface area contributed by atoms with E-state index in [4.69, 9.17) is 34.8 Å². The Hall–Kier alpha value is -1.63. The fourth-order valence-electron chi connectivity index (χ4n) is 1.81. The molecule has 0 heterocycles. The molecule has 0 saturated heterocycles. The maximum atomic E-state index is 11.4. The van der Waals surface area contributed by atoms with Crippen molar-refractivity contribution in [2.75, 3.05) is 0 Å². The number of allylic oxidation sites excluding steroid dienone is 4. The summed E-state index contributed by atoms with van der Waals surface area (Å²) < 4.78 is -0.750. The summed E-state index contributed by atoms with van der Waals surface area (Å²) in [4.78, 5) is 31.0. The second-order valence-corrected chi connectivity index (χ2v) is 7.28. The number of aliphatic imine (C=N–C) groups is 2. The summed E-state index contributed by atoms with van der Waals surface area (Å²) in [5.74, 6) is -1.51. The molecule has 0 bridgehead atoms. The molecule has 0 unspecified atom stereocenters. The number of alkyl halides is 3.